The van der Waals surface area contributed by atoms with Crippen LogP contribution in [0.15, 0.2) is 36.5 Å². The van der Waals surface area contributed by atoms with E-state index in [2.05, 4.69) is 15.3 Å². The van der Waals surface area contributed by atoms with Crippen LogP contribution in [0.3, 0.4) is 0 Å². The second kappa shape index (κ2) is 5.62. The quantitative estimate of drug-likeness (QED) is 0.869. The highest BCUT2D eigenvalue weighted by Gasteiger charge is 2.40. The zero-order valence-electron chi connectivity index (χ0n) is 12.8. The number of nitrogens with zero attached hydrogens (tertiary/aromatic N) is 3. The van der Waals surface area contributed by atoms with Crippen molar-refractivity contribution in [3.63, 3.8) is 0 Å². The molecule has 0 bridgehead atoms. The van der Waals surface area contributed by atoms with E-state index in [1.165, 1.54) is 0 Å². The lowest BCUT2D eigenvalue weighted by molar-refractivity contribution is 0.0737. The average Bonchev–Trinajstić information content (AvgIpc) is 3.18. The Morgan fingerprint density at radius 3 is 2.91 bits per heavy atom. The van der Waals surface area contributed by atoms with E-state index in [4.69, 9.17) is 5.73 Å². The Morgan fingerprint density at radius 1 is 1.26 bits per heavy atom. The van der Waals surface area contributed by atoms with Gasteiger partial charge >= 0.3 is 0 Å². The molecule has 2 aliphatic heterocycles. The summed E-state index contributed by atoms with van der Waals surface area (Å²) in [7, 11) is 0. The molecule has 0 spiro atoms. The molecule has 4 rings (SSSR count). The number of anilines is 1. The molecule has 2 saturated heterocycles. The summed E-state index contributed by atoms with van der Waals surface area (Å²) in [5.74, 6) is 0.746. The van der Waals surface area contributed by atoms with Gasteiger partial charge in [0.05, 0.1) is 11.3 Å². The van der Waals surface area contributed by atoms with E-state index in [1.54, 1.807) is 6.20 Å². The predicted octanol–water partition coefficient (Wildman–Crippen LogP) is 1.16. The number of nitrogen functional groups attached to an aromatic ring is 1. The minimum Gasteiger partial charge on any atom is -0.368 e. The molecule has 0 radical (unpaired) electrons. The molecule has 6 nitrogen and oxygen atoms in total. The number of nitrogens with one attached hydrogen (secondary N) is 1. The molecule has 6 heteroatoms. The van der Waals surface area contributed by atoms with Gasteiger partial charge in [0.25, 0.3) is 5.91 Å². The number of likely N-dealkylation sites (tertiary alicyclic amines) is 1. The minimum atomic E-state index is 0.0000491. The average molecular weight is 309 g/mol. The van der Waals surface area contributed by atoms with Crippen molar-refractivity contribution >= 4 is 11.9 Å². The second-order valence-corrected chi connectivity index (χ2v) is 6.13. The van der Waals surface area contributed by atoms with Crippen LogP contribution in [0, 0.1) is 5.92 Å². The molecule has 23 heavy (non-hydrogen) atoms. The number of carbonyl (C=O) groups is 1. The van der Waals surface area contributed by atoms with Gasteiger partial charge in [0.1, 0.15) is 0 Å². The summed E-state index contributed by atoms with van der Waals surface area (Å²) in [6, 6.07) is 9.93. The van der Waals surface area contributed by atoms with Crippen LogP contribution in [-0.4, -0.2) is 46.5 Å². The van der Waals surface area contributed by atoms with E-state index in [-0.39, 0.29) is 17.9 Å². The molecule has 0 aliphatic carbocycles. The van der Waals surface area contributed by atoms with Crippen LogP contribution in [0.4, 0.5) is 5.95 Å². The lowest BCUT2D eigenvalue weighted by Gasteiger charge is -2.24. The molecule has 1 amide bonds. The molecule has 0 unspecified atom stereocenters. The van der Waals surface area contributed by atoms with Crippen molar-refractivity contribution in [1.29, 1.82) is 0 Å². The Balaban J connectivity index is 1.73. The molecule has 2 atom stereocenters. The van der Waals surface area contributed by atoms with Crippen LogP contribution in [-0.2, 0) is 0 Å². The van der Waals surface area contributed by atoms with Crippen molar-refractivity contribution in [2.45, 2.75) is 12.5 Å². The van der Waals surface area contributed by atoms with Crippen LogP contribution in [0.2, 0.25) is 0 Å². The monoisotopic (exact) mass is 309 g/mol. The Hall–Kier alpha value is -2.47. The SMILES string of the molecule is Nc1ncc(C(=O)N2CC[C@@H]3CNC[C@@H]32)c(-c2ccccc2)n1. The molecular formula is C17H19N5O. The summed E-state index contributed by atoms with van der Waals surface area (Å²) in [6.45, 7) is 2.67. The summed E-state index contributed by atoms with van der Waals surface area (Å²) in [5, 5.41) is 3.37. The van der Waals surface area contributed by atoms with Gasteiger partial charge in [-0.15, -0.1) is 0 Å². The second-order valence-electron chi connectivity index (χ2n) is 6.13. The summed E-state index contributed by atoms with van der Waals surface area (Å²) < 4.78 is 0. The number of fused-ring (bicyclic) bond motifs is 1. The van der Waals surface area contributed by atoms with Crippen molar-refractivity contribution in [1.82, 2.24) is 20.2 Å². The third-order valence-electron chi connectivity index (χ3n) is 4.79. The van der Waals surface area contributed by atoms with E-state index in [1.807, 2.05) is 35.2 Å². The van der Waals surface area contributed by atoms with Gasteiger partial charge in [-0.3, -0.25) is 4.79 Å². The number of aromatic nitrogens is 2. The largest absolute Gasteiger partial charge is 0.368 e. The van der Waals surface area contributed by atoms with Gasteiger partial charge in [-0.1, -0.05) is 30.3 Å². The zero-order valence-corrected chi connectivity index (χ0v) is 12.8. The topological polar surface area (TPSA) is 84.1 Å². The van der Waals surface area contributed by atoms with E-state index in [0.29, 0.717) is 17.2 Å². The number of hydrogen-bond acceptors (Lipinski definition) is 5. The number of amides is 1. The van der Waals surface area contributed by atoms with Crippen molar-refractivity contribution in [3.05, 3.63) is 42.1 Å². The first kappa shape index (κ1) is 14.1. The predicted molar refractivity (Wildman–Crippen MR) is 87.7 cm³/mol. The molecule has 3 heterocycles. The number of hydrogen-bond donors (Lipinski definition) is 2. The highest BCUT2D eigenvalue weighted by molar-refractivity contribution is 6.00. The fourth-order valence-corrected chi connectivity index (χ4v) is 3.62. The van der Waals surface area contributed by atoms with Gasteiger partial charge in [-0.05, 0) is 12.3 Å². The van der Waals surface area contributed by atoms with Crippen LogP contribution in [0.1, 0.15) is 16.8 Å². The van der Waals surface area contributed by atoms with Gasteiger partial charge in [0.15, 0.2) is 0 Å². The van der Waals surface area contributed by atoms with E-state index >= 15 is 0 Å². The van der Waals surface area contributed by atoms with E-state index in [9.17, 15) is 4.79 Å². The highest BCUT2D eigenvalue weighted by atomic mass is 16.2. The van der Waals surface area contributed by atoms with Crippen LogP contribution in [0.5, 0.6) is 0 Å². The first-order valence-electron chi connectivity index (χ1n) is 7.93. The van der Waals surface area contributed by atoms with Crippen LogP contribution >= 0.6 is 0 Å². The smallest absolute Gasteiger partial charge is 0.257 e. The first-order chi connectivity index (χ1) is 11.2. The van der Waals surface area contributed by atoms with E-state index < -0.39 is 0 Å². The Kier molecular flexibility index (Phi) is 3.46. The fourth-order valence-electron chi connectivity index (χ4n) is 3.62. The van der Waals surface area contributed by atoms with Gasteiger partial charge in [-0.2, -0.15) is 0 Å². The Bertz CT molecular complexity index is 733. The molecule has 3 N–H and O–H groups in total. The molecule has 118 valence electrons. The third kappa shape index (κ3) is 2.45. The standard InChI is InChI=1S/C17H19N5O/c18-17-20-9-13(15(21-17)11-4-2-1-3-5-11)16(23)22-7-6-12-8-19-10-14(12)22/h1-5,9,12,14,19H,6-8,10H2,(H2,18,20,21)/t12-,14+/m1/s1. The van der Waals surface area contributed by atoms with Crippen molar-refractivity contribution in [2.24, 2.45) is 5.92 Å². The maximum atomic E-state index is 13.1. The van der Waals surface area contributed by atoms with Gasteiger partial charge in [0, 0.05) is 37.4 Å². The van der Waals surface area contributed by atoms with Crippen molar-refractivity contribution < 1.29 is 4.79 Å². The maximum absolute atomic E-state index is 13.1. The van der Waals surface area contributed by atoms with E-state index in [0.717, 1.165) is 31.6 Å². The summed E-state index contributed by atoms with van der Waals surface area (Å²) in [5.41, 5.74) is 7.76. The molecule has 0 saturated carbocycles. The lowest BCUT2D eigenvalue weighted by Crippen LogP contribution is -2.39. The normalized spacial score (nSPS) is 23.0. The van der Waals surface area contributed by atoms with Crippen LogP contribution in [0.25, 0.3) is 11.3 Å². The van der Waals surface area contributed by atoms with Crippen LogP contribution < -0.4 is 11.1 Å². The number of benzene rings is 1. The summed E-state index contributed by atoms with van der Waals surface area (Å²) >= 11 is 0. The summed E-state index contributed by atoms with van der Waals surface area (Å²) in [6.07, 6.45) is 2.61. The van der Waals surface area contributed by atoms with Gasteiger partial charge in [-0.25, -0.2) is 9.97 Å². The fraction of sp³-hybridized carbons (Fsp3) is 0.353. The Morgan fingerprint density at radius 2 is 2.09 bits per heavy atom. The highest BCUT2D eigenvalue weighted by Crippen LogP contribution is 2.30. The van der Waals surface area contributed by atoms with Gasteiger partial charge < -0.3 is 16.0 Å². The Labute approximate surface area is 134 Å². The number of rotatable bonds is 2. The zero-order chi connectivity index (χ0) is 15.8. The molecule has 1 aromatic carbocycles. The number of carbonyl (C=O) groups excluding carboxylic acids is 1. The first-order valence-corrected chi connectivity index (χ1v) is 7.93. The third-order valence-corrected chi connectivity index (χ3v) is 4.79. The molecule has 2 aliphatic rings. The minimum absolute atomic E-state index is 0.0000491. The molecule has 2 aromatic rings. The molecule has 1 aromatic heterocycles. The van der Waals surface area contributed by atoms with Crippen molar-refractivity contribution in [2.75, 3.05) is 25.4 Å². The lowest BCUT2D eigenvalue weighted by atomic mass is 10.0. The number of nitrogens with two attached hydrogens (primary N) is 1. The summed E-state index contributed by atoms with van der Waals surface area (Å²) in [4.78, 5) is 23.4. The van der Waals surface area contributed by atoms with Crippen molar-refractivity contribution in [3.8, 4) is 11.3 Å². The molecular weight excluding hydrogens is 290 g/mol. The van der Waals surface area contributed by atoms with Gasteiger partial charge in [0.2, 0.25) is 5.95 Å². The molecule has 2 fully saturated rings. The maximum Gasteiger partial charge on any atom is 0.257 e.